The molecule has 6 nitrogen and oxygen atoms in total. The normalized spacial score (nSPS) is 10.5. The van der Waals surface area contributed by atoms with E-state index in [0.29, 0.717) is 11.1 Å². The number of rotatable bonds is 4. The topological polar surface area (TPSA) is 98.5 Å². The smallest absolute Gasteiger partial charge is 0.348 e. The second-order valence-corrected chi connectivity index (χ2v) is 6.65. The molecule has 7 heteroatoms. The van der Waals surface area contributed by atoms with Crippen LogP contribution in [0.1, 0.15) is 36.0 Å². The zero-order valence-corrected chi connectivity index (χ0v) is 15.0. The Morgan fingerprint density at radius 2 is 1.77 bits per heavy atom. The zero-order valence-electron chi connectivity index (χ0n) is 14.2. The van der Waals surface area contributed by atoms with Crippen LogP contribution in [0.4, 0.5) is 5.00 Å². The highest BCUT2D eigenvalue weighted by Crippen LogP contribution is 2.33. The van der Waals surface area contributed by atoms with E-state index >= 15 is 0 Å². The van der Waals surface area contributed by atoms with E-state index in [1.54, 1.807) is 19.1 Å². The largest absolute Gasteiger partial charge is 0.465 e. The molecule has 1 heterocycles. The van der Waals surface area contributed by atoms with Gasteiger partial charge in [0.05, 0.1) is 12.7 Å². The van der Waals surface area contributed by atoms with Crippen LogP contribution in [0.2, 0.25) is 0 Å². The molecular weight excluding hydrogens is 352 g/mol. The molecule has 3 rings (SSSR count). The van der Waals surface area contributed by atoms with Crippen molar-refractivity contribution in [3.8, 4) is 0 Å². The fourth-order valence-electron chi connectivity index (χ4n) is 2.69. The fourth-order valence-corrected chi connectivity index (χ4v) is 3.82. The molecule has 0 aliphatic carbocycles. The van der Waals surface area contributed by atoms with E-state index in [0.717, 1.165) is 22.1 Å². The molecule has 1 aromatic heterocycles. The van der Waals surface area contributed by atoms with Crippen LogP contribution in [-0.4, -0.2) is 24.9 Å². The van der Waals surface area contributed by atoms with Crippen LogP contribution in [0.15, 0.2) is 42.5 Å². The van der Waals surface area contributed by atoms with Crippen LogP contribution in [0.3, 0.4) is 0 Å². The van der Waals surface area contributed by atoms with Gasteiger partial charge < -0.3 is 15.8 Å². The van der Waals surface area contributed by atoms with Gasteiger partial charge in [-0.1, -0.05) is 30.3 Å². The maximum absolute atomic E-state index is 12.6. The van der Waals surface area contributed by atoms with E-state index in [4.69, 9.17) is 10.5 Å². The quantitative estimate of drug-likeness (QED) is 0.690. The summed E-state index contributed by atoms with van der Waals surface area (Å²) in [6, 6.07) is 13.0. The first kappa shape index (κ1) is 17.6. The Hall–Kier alpha value is -3.19. The first-order valence-electron chi connectivity index (χ1n) is 7.74. The van der Waals surface area contributed by atoms with Gasteiger partial charge in [-0.2, -0.15) is 0 Å². The first-order valence-corrected chi connectivity index (χ1v) is 8.55. The number of carbonyl (C=O) groups excluding carboxylic acids is 3. The van der Waals surface area contributed by atoms with Crippen LogP contribution in [0, 0.1) is 6.92 Å². The number of nitrogens with one attached hydrogen (secondary N) is 1. The molecular formula is C19H16N2O4S. The van der Waals surface area contributed by atoms with Crippen molar-refractivity contribution in [2.24, 2.45) is 5.73 Å². The standard InChI is InChI=1S/C19H16N2O4S/c1-10-14(16(20)22)18(26-15(10)19(24)25-2)21-17(23)13-8-7-11-5-3-4-6-12(11)9-13/h3-9H,1-2H3,(H2,20,22)(H,21,23). The lowest BCUT2D eigenvalue weighted by Crippen LogP contribution is -2.17. The van der Waals surface area contributed by atoms with Crippen LogP contribution in [0.5, 0.6) is 0 Å². The number of thiophene rings is 1. The predicted molar refractivity (Wildman–Crippen MR) is 101 cm³/mol. The Bertz CT molecular complexity index is 1040. The van der Waals surface area contributed by atoms with Gasteiger partial charge in [0.25, 0.3) is 11.8 Å². The minimum atomic E-state index is -0.720. The highest BCUT2D eigenvalue weighted by Gasteiger charge is 2.25. The Morgan fingerprint density at radius 1 is 1.08 bits per heavy atom. The van der Waals surface area contributed by atoms with Crippen molar-refractivity contribution in [2.45, 2.75) is 6.92 Å². The minimum absolute atomic E-state index is 0.115. The van der Waals surface area contributed by atoms with E-state index in [1.807, 2.05) is 30.3 Å². The molecule has 3 aromatic rings. The molecule has 0 radical (unpaired) electrons. The van der Waals surface area contributed by atoms with E-state index < -0.39 is 17.8 Å². The lowest BCUT2D eigenvalue weighted by atomic mass is 10.1. The van der Waals surface area contributed by atoms with Crippen LogP contribution < -0.4 is 11.1 Å². The maximum atomic E-state index is 12.6. The van der Waals surface area contributed by atoms with Crippen molar-refractivity contribution >= 4 is 44.9 Å². The van der Waals surface area contributed by atoms with Gasteiger partial charge in [0.1, 0.15) is 9.88 Å². The number of esters is 1. The Labute approximate surface area is 153 Å². The molecule has 3 N–H and O–H groups in total. The van der Waals surface area contributed by atoms with Crippen molar-refractivity contribution in [1.29, 1.82) is 0 Å². The summed E-state index contributed by atoms with van der Waals surface area (Å²) >= 11 is 0.966. The third-order valence-electron chi connectivity index (χ3n) is 4.00. The van der Waals surface area contributed by atoms with Crippen LogP contribution in [0.25, 0.3) is 10.8 Å². The molecule has 0 atom stereocenters. The van der Waals surface area contributed by atoms with Gasteiger partial charge in [0.15, 0.2) is 0 Å². The van der Waals surface area contributed by atoms with Gasteiger partial charge in [-0.3, -0.25) is 9.59 Å². The second kappa shape index (κ2) is 6.97. The van der Waals surface area contributed by atoms with Crippen molar-refractivity contribution in [3.05, 3.63) is 64.0 Å². The highest BCUT2D eigenvalue weighted by molar-refractivity contribution is 7.18. The number of hydrogen-bond donors (Lipinski definition) is 2. The molecule has 0 fully saturated rings. The van der Waals surface area contributed by atoms with Gasteiger partial charge in [0.2, 0.25) is 0 Å². The van der Waals surface area contributed by atoms with Gasteiger partial charge >= 0.3 is 5.97 Å². The lowest BCUT2D eigenvalue weighted by molar-refractivity contribution is 0.0605. The number of benzene rings is 2. The molecule has 2 amide bonds. The molecule has 0 aliphatic heterocycles. The molecule has 0 saturated heterocycles. The highest BCUT2D eigenvalue weighted by atomic mass is 32.1. The number of anilines is 1. The average molecular weight is 368 g/mol. The van der Waals surface area contributed by atoms with Crippen LogP contribution in [-0.2, 0) is 4.74 Å². The Balaban J connectivity index is 1.97. The fraction of sp³-hybridized carbons (Fsp3) is 0.105. The Kier molecular flexibility index (Phi) is 4.73. The molecule has 26 heavy (non-hydrogen) atoms. The van der Waals surface area contributed by atoms with Gasteiger partial charge in [0, 0.05) is 5.56 Å². The molecule has 0 saturated carbocycles. The lowest BCUT2D eigenvalue weighted by Gasteiger charge is -2.06. The van der Waals surface area contributed by atoms with Gasteiger partial charge in [-0.15, -0.1) is 11.3 Å². The van der Waals surface area contributed by atoms with Crippen molar-refractivity contribution < 1.29 is 19.1 Å². The number of methoxy groups -OCH3 is 1. The predicted octanol–water partition coefficient (Wildman–Crippen LogP) is 3.35. The van der Waals surface area contributed by atoms with Crippen LogP contribution >= 0.6 is 11.3 Å². The monoisotopic (exact) mass is 368 g/mol. The summed E-state index contributed by atoms with van der Waals surface area (Å²) in [5, 5.41) is 4.85. The number of carbonyl (C=O) groups is 3. The number of primary amides is 1. The number of fused-ring (bicyclic) bond motifs is 1. The SMILES string of the molecule is COC(=O)c1sc(NC(=O)c2ccc3ccccc3c2)c(C(N)=O)c1C. The van der Waals surface area contributed by atoms with E-state index in [1.165, 1.54) is 7.11 Å². The summed E-state index contributed by atoms with van der Waals surface area (Å²) in [6.07, 6.45) is 0. The second-order valence-electron chi connectivity index (χ2n) is 5.63. The first-order chi connectivity index (χ1) is 12.4. The summed E-state index contributed by atoms with van der Waals surface area (Å²) in [5.74, 6) is -1.69. The zero-order chi connectivity index (χ0) is 18.8. The van der Waals surface area contributed by atoms with E-state index in [9.17, 15) is 14.4 Å². The average Bonchev–Trinajstić information content (AvgIpc) is 2.96. The molecule has 0 spiro atoms. The number of ether oxygens (including phenoxy) is 1. The van der Waals surface area contributed by atoms with E-state index in [2.05, 4.69) is 5.32 Å². The summed E-state index contributed by atoms with van der Waals surface area (Å²) in [7, 11) is 1.25. The molecule has 0 unspecified atom stereocenters. The van der Waals surface area contributed by atoms with Crippen molar-refractivity contribution in [2.75, 3.05) is 12.4 Å². The summed E-state index contributed by atoms with van der Waals surface area (Å²) in [5.41, 5.74) is 6.37. The molecule has 0 aliphatic rings. The number of nitrogens with two attached hydrogens (primary N) is 1. The summed E-state index contributed by atoms with van der Waals surface area (Å²) in [6.45, 7) is 1.59. The van der Waals surface area contributed by atoms with Gasteiger partial charge in [-0.05, 0) is 35.4 Å². The Morgan fingerprint density at radius 3 is 2.42 bits per heavy atom. The minimum Gasteiger partial charge on any atom is -0.465 e. The summed E-state index contributed by atoms with van der Waals surface area (Å²) in [4.78, 5) is 36.5. The molecule has 0 bridgehead atoms. The maximum Gasteiger partial charge on any atom is 0.348 e. The van der Waals surface area contributed by atoms with Gasteiger partial charge in [-0.25, -0.2) is 4.79 Å². The number of hydrogen-bond acceptors (Lipinski definition) is 5. The van der Waals surface area contributed by atoms with Crippen molar-refractivity contribution in [3.63, 3.8) is 0 Å². The third-order valence-corrected chi connectivity index (χ3v) is 5.19. The molecule has 2 aromatic carbocycles. The third kappa shape index (κ3) is 3.16. The summed E-state index contributed by atoms with van der Waals surface area (Å²) < 4.78 is 4.71. The molecule has 132 valence electrons. The number of amides is 2. The van der Waals surface area contributed by atoms with E-state index in [-0.39, 0.29) is 15.4 Å². The van der Waals surface area contributed by atoms with Crippen molar-refractivity contribution in [1.82, 2.24) is 0 Å².